The lowest BCUT2D eigenvalue weighted by molar-refractivity contribution is -0.402. The molecule has 0 aliphatic rings. The molecule has 0 unspecified atom stereocenters. The van der Waals surface area contributed by atoms with Gasteiger partial charge < -0.3 is 13.7 Å². The van der Waals surface area contributed by atoms with Crippen molar-refractivity contribution in [2.45, 2.75) is 13.5 Å². The summed E-state index contributed by atoms with van der Waals surface area (Å²) in [5.41, 5.74) is 0.816. The van der Waals surface area contributed by atoms with Gasteiger partial charge in [0.05, 0.1) is 17.4 Å². The Bertz CT molecular complexity index is 1060. The fourth-order valence-electron chi connectivity index (χ4n) is 2.44. The molecule has 0 aliphatic carbocycles. The third-order valence-electron chi connectivity index (χ3n) is 3.46. The first-order valence-electron chi connectivity index (χ1n) is 7.74. The van der Waals surface area contributed by atoms with Gasteiger partial charge in [-0.15, -0.1) is 6.58 Å². The molecule has 0 aliphatic heterocycles. The lowest BCUT2D eigenvalue weighted by Gasteiger charge is -2.07. The molecule has 0 N–H and O–H groups in total. The van der Waals surface area contributed by atoms with Gasteiger partial charge in [0.25, 0.3) is 0 Å². The highest BCUT2D eigenvalue weighted by molar-refractivity contribution is 7.16. The Balaban J connectivity index is 2.13. The number of ether oxygens (including phenoxy) is 1. The van der Waals surface area contributed by atoms with Crippen LogP contribution in [0.25, 0.3) is 10.2 Å². The number of hydrogen-bond acceptors (Lipinski definition) is 6. The largest absolute Gasteiger partial charge is 0.492 e. The van der Waals surface area contributed by atoms with Gasteiger partial charge in [0.15, 0.2) is 4.80 Å². The summed E-state index contributed by atoms with van der Waals surface area (Å²) in [5.74, 6) is -0.701. The molecule has 0 saturated carbocycles. The Kier molecular flexibility index (Phi) is 4.99. The summed E-state index contributed by atoms with van der Waals surface area (Å²) in [5, 5.41) is 10.7. The SMILES string of the molecule is C=CCn1c(=NC(=O)c2ccc([N+](=O)[O-])o2)sc2cccc(OCC)c21. The van der Waals surface area contributed by atoms with Crippen molar-refractivity contribution in [3.8, 4) is 5.75 Å². The first kappa shape index (κ1) is 17.6. The van der Waals surface area contributed by atoms with E-state index in [1.807, 2.05) is 29.7 Å². The second-order valence-corrected chi connectivity index (χ2v) is 6.14. The molecule has 0 atom stereocenters. The first-order chi connectivity index (χ1) is 12.5. The third kappa shape index (κ3) is 3.29. The van der Waals surface area contributed by atoms with Crippen molar-refractivity contribution < 1.29 is 18.9 Å². The predicted octanol–water partition coefficient (Wildman–Crippen LogP) is 3.53. The van der Waals surface area contributed by atoms with Crippen molar-refractivity contribution in [3.63, 3.8) is 0 Å². The van der Waals surface area contributed by atoms with Crippen molar-refractivity contribution in [2.75, 3.05) is 6.61 Å². The molecule has 1 aromatic carbocycles. The van der Waals surface area contributed by atoms with Crippen molar-refractivity contribution in [1.82, 2.24) is 4.57 Å². The van der Waals surface area contributed by atoms with Gasteiger partial charge in [-0.25, -0.2) is 0 Å². The number of hydrogen-bond donors (Lipinski definition) is 0. The molecular weight excluding hydrogens is 358 g/mol. The number of fused-ring (bicyclic) bond motifs is 1. The number of carbonyl (C=O) groups excluding carboxylic acids is 1. The fraction of sp³-hybridized carbons (Fsp3) is 0.176. The van der Waals surface area contributed by atoms with E-state index in [0.29, 0.717) is 23.7 Å². The van der Waals surface area contributed by atoms with Crippen LogP contribution in [0.5, 0.6) is 5.75 Å². The summed E-state index contributed by atoms with van der Waals surface area (Å²) in [7, 11) is 0. The van der Waals surface area contributed by atoms with Crippen LogP contribution in [-0.4, -0.2) is 22.0 Å². The smallest absolute Gasteiger partial charge is 0.433 e. The minimum absolute atomic E-state index is 0.190. The molecule has 2 heterocycles. The molecular formula is C17H15N3O5S. The van der Waals surface area contributed by atoms with Gasteiger partial charge in [-0.1, -0.05) is 23.5 Å². The average molecular weight is 373 g/mol. The zero-order chi connectivity index (χ0) is 18.7. The van der Waals surface area contributed by atoms with Crippen LogP contribution < -0.4 is 9.54 Å². The highest BCUT2D eigenvalue weighted by Crippen LogP contribution is 2.27. The Hall–Kier alpha value is -3.20. The quantitative estimate of drug-likeness (QED) is 0.374. The fourth-order valence-corrected chi connectivity index (χ4v) is 3.49. The van der Waals surface area contributed by atoms with E-state index in [0.717, 1.165) is 16.3 Å². The van der Waals surface area contributed by atoms with E-state index in [1.165, 1.54) is 17.4 Å². The second kappa shape index (κ2) is 7.36. The molecule has 0 saturated heterocycles. The predicted molar refractivity (Wildman–Crippen MR) is 96.4 cm³/mol. The zero-order valence-electron chi connectivity index (χ0n) is 13.9. The molecule has 3 rings (SSSR count). The Morgan fingerprint density at radius 3 is 2.92 bits per heavy atom. The summed E-state index contributed by atoms with van der Waals surface area (Å²) in [6.45, 7) is 6.56. The lowest BCUT2D eigenvalue weighted by Crippen LogP contribution is -2.16. The molecule has 26 heavy (non-hydrogen) atoms. The topological polar surface area (TPSA) is 99.9 Å². The van der Waals surface area contributed by atoms with Crippen LogP contribution in [0.3, 0.4) is 0 Å². The zero-order valence-corrected chi connectivity index (χ0v) is 14.7. The highest BCUT2D eigenvalue weighted by atomic mass is 32.1. The maximum Gasteiger partial charge on any atom is 0.433 e. The van der Waals surface area contributed by atoms with Crippen LogP contribution in [0.4, 0.5) is 5.88 Å². The van der Waals surface area contributed by atoms with Crippen LogP contribution in [0.2, 0.25) is 0 Å². The van der Waals surface area contributed by atoms with Crippen LogP contribution in [-0.2, 0) is 6.54 Å². The minimum Gasteiger partial charge on any atom is -0.492 e. The summed E-state index contributed by atoms with van der Waals surface area (Å²) < 4.78 is 13.3. The molecule has 0 radical (unpaired) electrons. The Morgan fingerprint density at radius 2 is 2.27 bits per heavy atom. The van der Waals surface area contributed by atoms with Crippen LogP contribution in [0.15, 0.2) is 52.4 Å². The number of nitrogens with zero attached hydrogens (tertiary/aromatic N) is 3. The number of furan rings is 1. The summed E-state index contributed by atoms with van der Waals surface area (Å²) >= 11 is 1.31. The third-order valence-corrected chi connectivity index (χ3v) is 4.50. The van der Waals surface area contributed by atoms with E-state index in [1.54, 1.807) is 6.08 Å². The monoisotopic (exact) mass is 373 g/mol. The molecule has 9 heteroatoms. The van der Waals surface area contributed by atoms with E-state index in [9.17, 15) is 14.9 Å². The second-order valence-electron chi connectivity index (χ2n) is 5.13. The van der Waals surface area contributed by atoms with Crippen molar-refractivity contribution in [1.29, 1.82) is 0 Å². The number of aromatic nitrogens is 1. The van der Waals surface area contributed by atoms with Crippen molar-refractivity contribution >= 4 is 33.3 Å². The van der Waals surface area contributed by atoms with Crippen LogP contribution in [0.1, 0.15) is 17.5 Å². The van der Waals surface area contributed by atoms with Gasteiger partial charge in [-0.3, -0.25) is 14.9 Å². The Labute approximate surface area is 151 Å². The number of allylic oxidation sites excluding steroid dienone is 1. The number of rotatable bonds is 6. The van der Waals surface area contributed by atoms with Gasteiger partial charge in [-0.2, -0.15) is 4.99 Å². The first-order valence-corrected chi connectivity index (χ1v) is 8.56. The van der Waals surface area contributed by atoms with E-state index in [2.05, 4.69) is 11.6 Å². The number of carbonyl (C=O) groups is 1. The van der Waals surface area contributed by atoms with E-state index in [4.69, 9.17) is 9.15 Å². The highest BCUT2D eigenvalue weighted by Gasteiger charge is 2.18. The van der Waals surface area contributed by atoms with Gasteiger partial charge in [0, 0.05) is 6.54 Å². The van der Waals surface area contributed by atoms with Crippen LogP contribution in [0, 0.1) is 10.1 Å². The maximum absolute atomic E-state index is 12.3. The molecule has 1 amide bonds. The van der Waals surface area contributed by atoms with E-state index >= 15 is 0 Å². The Morgan fingerprint density at radius 1 is 1.46 bits per heavy atom. The van der Waals surface area contributed by atoms with Gasteiger partial charge in [-0.05, 0) is 25.1 Å². The van der Waals surface area contributed by atoms with E-state index < -0.39 is 16.7 Å². The molecule has 3 aromatic rings. The van der Waals surface area contributed by atoms with Crippen molar-refractivity contribution in [2.24, 2.45) is 4.99 Å². The summed E-state index contributed by atoms with van der Waals surface area (Å²) in [6.07, 6.45) is 1.69. The molecule has 8 nitrogen and oxygen atoms in total. The summed E-state index contributed by atoms with van der Waals surface area (Å²) in [4.78, 5) is 26.8. The average Bonchev–Trinajstić information content (AvgIpc) is 3.22. The molecule has 0 fully saturated rings. The number of nitro groups is 1. The van der Waals surface area contributed by atoms with Gasteiger partial charge in [0.2, 0.25) is 5.76 Å². The number of para-hydroxylation sites is 1. The molecule has 0 spiro atoms. The normalized spacial score (nSPS) is 11.7. The lowest BCUT2D eigenvalue weighted by atomic mass is 10.3. The number of benzene rings is 1. The minimum atomic E-state index is -0.706. The van der Waals surface area contributed by atoms with Gasteiger partial charge >= 0.3 is 11.8 Å². The standard InChI is InChI=1S/C17H15N3O5S/c1-3-10-19-15-11(24-4-2)6-5-7-13(15)26-17(19)18-16(21)12-8-9-14(25-12)20(22)23/h3,5-9H,1,4,10H2,2H3. The molecule has 0 bridgehead atoms. The van der Waals surface area contributed by atoms with Crippen molar-refractivity contribution in [3.05, 3.63) is 63.7 Å². The molecule has 2 aromatic heterocycles. The van der Waals surface area contributed by atoms with E-state index in [-0.39, 0.29) is 5.76 Å². The maximum atomic E-state index is 12.3. The summed E-state index contributed by atoms with van der Waals surface area (Å²) in [6, 6.07) is 7.98. The van der Waals surface area contributed by atoms with Gasteiger partial charge in [0.1, 0.15) is 16.2 Å². The number of amides is 1. The van der Waals surface area contributed by atoms with Crippen LogP contribution >= 0.6 is 11.3 Å². The molecule has 134 valence electrons. The number of thiazole rings is 1.